The maximum Gasteiger partial charge on any atom is 0.251 e. The first-order valence-electron chi connectivity index (χ1n) is 8.18. The molecule has 2 aliphatic rings. The van der Waals surface area contributed by atoms with Gasteiger partial charge in [0.1, 0.15) is 0 Å². The highest BCUT2D eigenvalue weighted by atomic mass is 32.2. The molecule has 0 bridgehead atoms. The van der Waals surface area contributed by atoms with E-state index in [-0.39, 0.29) is 19.0 Å². The van der Waals surface area contributed by atoms with Gasteiger partial charge in [0.15, 0.2) is 0 Å². The molecule has 1 aliphatic carbocycles. The van der Waals surface area contributed by atoms with Crippen LogP contribution in [0.3, 0.4) is 0 Å². The van der Waals surface area contributed by atoms with E-state index in [1.807, 2.05) is 6.07 Å². The lowest BCUT2D eigenvalue weighted by Gasteiger charge is -2.53. The van der Waals surface area contributed by atoms with E-state index in [0.717, 1.165) is 12.8 Å². The summed E-state index contributed by atoms with van der Waals surface area (Å²) in [6.45, 7) is 3.86. The number of rotatable bonds is 6. The average Bonchev–Trinajstić information content (AvgIpc) is 3.32. The van der Waals surface area contributed by atoms with Gasteiger partial charge in [-0.2, -0.15) is 4.31 Å². The van der Waals surface area contributed by atoms with Gasteiger partial charge in [-0.1, -0.05) is 18.2 Å². The number of benzene rings is 1. The molecule has 2 fully saturated rings. The van der Waals surface area contributed by atoms with Gasteiger partial charge in [-0.15, -0.1) is 0 Å². The third-order valence-electron chi connectivity index (χ3n) is 5.20. The summed E-state index contributed by atoms with van der Waals surface area (Å²) in [7, 11) is -1.70. The number of sulfonamides is 1. The van der Waals surface area contributed by atoms with E-state index >= 15 is 0 Å². The van der Waals surface area contributed by atoms with Gasteiger partial charge in [0.25, 0.3) is 5.91 Å². The second-order valence-electron chi connectivity index (χ2n) is 6.96. The highest BCUT2D eigenvalue weighted by molar-refractivity contribution is 7.89. The molecule has 0 radical (unpaired) electrons. The van der Waals surface area contributed by atoms with Crippen LogP contribution in [0.5, 0.6) is 0 Å². The SMILES string of the molecule is COC1(C2(NC(=O)c3ccccc3)CN(S(=O)(=O)C(C)C)C2)CC1. The van der Waals surface area contributed by atoms with E-state index < -0.39 is 26.4 Å². The fraction of sp³-hybridized carbons (Fsp3) is 0.588. The molecule has 1 N–H and O–H groups in total. The van der Waals surface area contributed by atoms with Crippen molar-refractivity contribution in [2.75, 3.05) is 20.2 Å². The summed E-state index contributed by atoms with van der Waals surface area (Å²) in [4.78, 5) is 12.6. The van der Waals surface area contributed by atoms with Crippen molar-refractivity contribution in [3.05, 3.63) is 35.9 Å². The molecule has 1 aromatic carbocycles. The topological polar surface area (TPSA) is 75.7 Å². The Hall–Kier alpha value is -1.44. The number of nitrogens with one attached hydrogen (secondary N) is 1. The molecule has 7 heteroatoms. The minimum absolute atomic E-state index is 0.194. The zero-order chi connectivity index (χ0) is 17.6. The Bertz CT molecular complexity index is 720. The summed E-state index contributed by atoms with van der Waals surface area (Å²) >= 11 is 0. The molecule has 0 atom stereocenters. The predicted molar refractivity (Wildman–Crippen MR) is 91.2 cm³/mol. The second-order valence-corrected chi connectivity index (χ2v) is 9.45. The van der Waals surface area contributed by atoms with Crippen molar-refractivity contribution in [1.29, 1.82) is 0 Å². The number of hydrogen-bond donors (Lipinski definition) is 1. The van der Waals surface area contributed by atoms with Gasteiger partial charge in [-0.3, -0.25) is 4.79 Å². The summed E-state index contributed by atoms with van der Waals surface area (Å²) in [6, 6.07) is 8.96. The Morgan fingerprint density at radius 3 is 2.25 bits per heavy atom. The summed E-state index contributed by atoms with van der Waals surface area (Å²) in [5, 5.41) is 2.60. The van der Waals surface area contributed by atoms with Crippen LogP contribution in [-0.4, -0.2) is 55.2 Å². The number of carbonyl (C=O) groups is 1. The van der Waals surface area contributed by atoms with Crippen molar-refractivity contribution in [3.8, 4) is 0 Å². The molecule has 1 heterocycles. The lowest BCUT2D eigenvalue weighted by Crippen LogP contribution is -2.77. The molecule has 6 nitrogen and oxygen atoms in total. The van der Waals surface area contributed by atoms with Crippen LogP contribution in [0.25, 0.3) is 0 Å². The Kier molecular flexibility index (Phi) is 4.22. The van der Waals surface area contributed by atoms with Gasteiger partial charge >= 0.3 is 0 Å². The molecule has 3 rings (SSSR count). The van der Waals surface area contributed by atoms with Gasteiger partial charge in [0.05, 0.1) is 16.4 Å². The van der Waals surface area contributed by atoms with Crippen LogP contribution in [-0.2, 0) is 14.8 Å². The fourth-order valence-corrected chi connectivity index (χ4v) is 4.78. The van der Waals surface area contributed by atoms with E-state index in [4.69, 9.17) is 4.74 Å². The van der Waals surface area contributed by atoms with Gasteiger partial charge in [0.2, 0.25) is 10.0 Å². The minimum Gasteiger partial charge on any atom is -0.376 e. The number of carbonyl (C=O) groups excluding carboxylic acids is 1. The van der Waals surface area contributed by atoms with Gasteiger partial charge in [0, 0.05) is 25.8 Å². The Balaban J connectivity index is 1.82. The van der Waals surface area contributed by atoms with Crippen molar-refractivity contribution in [3.63, 3.8) is 0 Å². The van der Waals surface area contributed by atoms with Crippen molar-refractivity contribution in [1.82, 2.24) is 9.62 Å². The largest absolute Gasteiger partial charge is 0.376 e. The highest BCUT2D eigenvalue weighted by Gasteiger charge is 2.67. The molecule has 24 heavy (non-hydrogen) atoms. The number of amides is 1. The van der Waals surface area contributed by atoms with Crippen LogP contribution in [0.15, 0.2) is 30.3 Å². The molecule has 1 saturated heterocycles. The number of hydrogen-bond acceptors (Lipinski definition) is 4. The van der Waals surface area contributed by atoms with Gasteiger partial charge in [-0.05, 0) is 38.8 Å². The first kappa shape index (κ1) is 17.4. The maximum atomic E-state index is 12.6. The minimum atomic E-state index is -3.33. The van der Waals surface area contributed by atoms with E-state index in [1.165, 1.54) is 4.31 Å². The van der Waals surface area contributed by atoms with Crippen molar-refractivity contribution >= 4 is 15.9 Å². The van der Waals surface area contributed by atoms with E-state index in [2.05, 4.69) is 5.32 Å². The summed E-state index contributed by atoms with van der Waals surface area (Å²) in [5.74, 6) is -0.194. The molecule has 1 saturated carbocycles. The van der Waals surface area contributed by atoms with Crippen LogP contribution in [0.2, 0.25) is 0 Å². The van der Waals surface area contributed by atoms with Crippen LogP contribution in [0.4, 0.5) is 0 Å². The molecule has 1 aromatic rings. The van der Waals surface area contributed by atoms with Crippen LogP contribution < -0.4 is 5.32 Å². The first-order valence-corrected chi connectivity index (χ1v) is 9.68. The number of ether oxygens (including phenoxy) is 1. The van der Waals surface area contributed by atoms with E-state index in [0.29, 0.717) is 5.56 Å². The third kappa shape index (κ3) is 2.64. The molecule has 0 aromatic heterocycles. The molecule has 1 aliphatic heterocycles. The molecular weight excluding hydrogens is 328 g/mol. The fourth-order valence-electron chi connectivity index (χ4n) is 3.39. The smallest absolute Gasteiger partial charge is 0.251 e. The maximum absolute atomic E-state index is 12.6. The Morgan fingerprint density at radius 1 is 1.21 bits per heavy atom. The Labute approximate surface area is 143 Å². The lowest BCUT2D eigenvalue weighted by molar-refractivity contribution is -0.0562. The summed E-state index contributed by atoms with van der Waals surface area (Å²) in [6.07, 6.45) is 1.66. The van der Waals surface area contributed by atoms with Crippen LogP contribution >= 0.6 is 0 Å². The monoisotopic (exact) mass is 352 g/mol. The molecule has 132 valence electrons. The zero-order valence-electron chi connectivity index (χ0n) is 14.3. The number of nitrogens with zero attached hydrogens (tertiary/aromatic N) is 1. The number of methoxy groups -OCH3 is 1. The molecular formula is C17H24N2O4S. The quantitative estimate of drug-likeness (QED) is 0.839. The van der Waals surface area contributed by atoms with Crippen molar-refractivity contribution in [2.24, 2.45) is 0 Å². The van der Waals surface area contributed by atoms with Gasteiger partial charge < -0.3 is 10.1 Å². The van der Waals surface area contributed by atoms with Gasteiger partial charge in [-0.25, -0.2) is 8.42 Å². The molecule has 1 amide bonds. The summed E-state index contributed by atoms with van der Waals surface area (Å²) < 4.78 is 31.9. The van der Waals surface area contributed by atoms with Crippen molar-refractivity contribution in [2.45, 2.75) is 43.1 Å². The van der Waals surface area contributed by atoms with Crippen LogP contribution in [0, 0.1) is 0 Å². The second kappa shape index (κ2) is 5.82. The molecule has 0 spiro atoms. The zero-order valence-corrected chi connectivity index (χ0v) is 15.1. The highest BCUT2D eigenvalue weighted by Crippen LogP contribution is 2.52. The Morgan fingerprint density at radius 2 is 1.79 bits per heavy atom. The van der Waals surface area contributed by atoms with Crippen LogP contribution in [0.1, 0.15) is 37.0 Å². The standard InChI is InChI=1S/C17H24N2O4S/c1-13(2)24(21,22)19-11-16(12-19,17(23-3)9-10-17)18-15(20)14-7-5-4-6-8-14/h4-8,13H,9-12H2,1-3H3,(H,18,20). The average molecular weight is 352 g/mol. The normalized spacial score (nSPS) is 22.0. The first-order chi connectivity index (χ1) is 11.3. The lowest BCUT2D eigenvalue weighted by atomic mass is 9.83. The van der Waals surface area contributed by atoms with E-state index in [1.54, 1.807) is 45.2 Å². The predicted octanol–water partition coefficient (Wildman–Crippen LogP) is 1.39. The van der Waals surface area contributed by atoms with Crippen molar-refractivity contribution < 1.29 is 17.9 Å². The van der Waals surface area contributed by atoms with E-state index in [9.17, 15) is 13.2 Å². The third-order valence-corrected chi connectivity index (χ3v) is 7.37. The summed E-state index contributed by atoms with van der Waals surface area (Å²) in [5.41, 5.74) is -0.550. The molecule has 0 unspecified atom stereocenters.